The standard InChI is InChI=1S/C14H26N4O/c1-7-18(8-9-19)12-10(2)11(15-6)16-13(17-12)14(3,4)5/h19H,7-9H2,1-6H3,(H,15,16,17). The van der Waals surface area contributed by atoms with Crippen LogP contribution in [-0.4, -0.2) is 41.8 Å². The van der Waals surface area contributed by atoms with Crippen LogP contribution in [0.2, 0.25) is 0 Å². The van der Waals surface area contributed by atoms with Crippen LogP contribution in [0.25, 0.3) is 0 Å². The van der Waals surface area contributed by atoms with Gasteiger partial charge >= 0.3 is 0 Å². The van der Waals surface area contributed by atoms with Crippen molar-refractivity contribution in [2.45, 2.75) is 40.0 Å². The van der Waals surface area contributed by atoms with Crippen LogP contribution in [0.3, 0.4) is 0 Å². The second-order valence-electron chi connectivity index (χ2n) is 5.65. The minimum atomic E-state index is -0.104. The number of likely N-dealkylation sites (N-methyl/N-ethyl adjacent to an activating group) is 1. The van der Waals surface area contributed by atoms with Gasteiger partial charge in [-0.1, -0.05) is 20.8 Å². The molecule has 0 aliphatic carbocycles. The van der Waals surface area contributed by atoms with Crippen LogP contribution >= 0.6 is 0 Å². The van der Waals surface area contributed by atoms with E-state index in [2.05, 4.69) is 42.9 Å². The molecule has 1 rings (SSSR count). The lowest BCUT2D eigenvalue weighted by Crippen LogP contribution is -2.30. The third kappa shape index (κ3) is 3.56. The number of nitrogens with zero attached hydrogens (tertiary/aromatic N) is 3. The van der Waals surface area contributed by atoms with Gasteiger partial charge in [-0.15, -0.1) is 0 Å². The Morgan fingerprint density at radius 1 is 1.26 bits per heavy atom. The maximum absolute atomic E-state index is 9.17. The van der Waals surface area contributed by atoms with Gasteiger partial charge in [0.05, 0.1) is 6.61 Å². The Kier molecular flexibility index (Phi) is 5.11. The van der Waals surface area contributed by atoms with Gasteiger partial charge in [-0.2, -0.15) is 0 Å². The van der Waals surface area contributed by atoms with Crippen molar-refractivity contribution in [3.63, 3.8) is 0 Å². The zero-order chi connectivity index (χ0) is 14.6. The number of aliphatic hydroxyl groups is 1. The Hall–Kier alpha value is -1.36. The van der Waals surface area contributed by atoms with E-state index < -0.39 is 0 Å². The molecule has 0 saturated carbocycles. The van der Waals surface area contributed by atoms with E-state index in [-0.39, 0.29) is 12.0 Å². The van der Waals surface area contributed by atoms with Gasteiger partial charge in [-0.25, -0.2) is 9.97 Å². The first kappa shape index (κ1) is 15.7. The number of nitrogens with one attached hydrogen (secondary N) is 1. The van der Waals surface area contributed by atoms with Gasteiger partial charge in [0.1, 0.15) is 17.5 Å². The monoisotopic (exact) mass is 266 g/mol. The van der Waals surface area contributed by atoms with Crippen LogP contribution in [0.15, 0.2) is 0 Å². The van der Waals surface area contributed by atoms with Crippen LogP contribution in [0.1, 0.15) is 39.1 Å². The minimum absolute atomic E-state index is 0.104. The van der Waals surface area contributed by atoms with Crippen molar-refractivity contribution in [1.29, 1.82) is 0 Å². The number of anilines is 2. The van der Waals surface area contributed by atoms with Gasteiger partial charge < -0.3 is 15.3 Å². The highest BCUT2D eigenvalue weighted by Crippen LogP contribution is 2.28. The molecule has 1 aromatic heterocycles. The van der Waals surface area contributed by atoms with Crippen LogP contribution in [0, 0.1) is 6.92 Å². The van der Waals surface area contributed by atoms with E-state index in [1.807, 2.05) is 14.0 Å². The molecule has 5 nitrogen and oxygen atoms in total. The van der Waals surface area contributed by atoms with E-state index in [1.165, 1.54) is 0 Å². The molecule has 1 heterocycles. The summed E-state index contributed by atoms with van der Waals surface area (Å²) in [5.74, 6) is 2.57. The fourth-order valence-corrected chi connectivity index (χ4v) is 1.93. The smallest absolute Gasteiger partial charge is 0.138 e. The number of aliphatic hydroxyl groups excluding tert-OH is 1. The number of hydrogen-bond acceptors (Lipinski definition) is 5. The van der Waals surface area contributed by atoms with E-state index in [9.17, 15) is 5.11 Å². The molecule has 0 fully saturated rings. The summed E-state index contributed by atoms with van der Waals surface area (Å²) in [6, 6.07) is 0. The molecule has 0 bridgehead atoms. The van der Waals surface area contributed by atoms with Gasteiger partial charge in [-0.05, 0) is 13.8 Å². The van der Waals surface area contributed by atoms with Crippen molar-refractivity contribution in [1.82, 2.24) is 9.97 Å². The molecule has 0 spiro atoms. The summed E-state index contributed by atoms with van der Waals surface area (Å²) in [4.78, 5) is 11.4. The summed E-state index contributed by atoms with van der Waals surface area (Å²) in [5, 5.41) is 12.3. The van der Waals surface area contributed by atoms with E-state index in [0.717, 1.165) is 29.6 Å². The Labute approximate surface area is 116 Å². The van der Waals surface area contributed by atoms with E-state index in [4.69, 9.17) is 4.98 Å². The lowest BCUT2D eigenvalue weighted by atomic mass is 9.95. The average molecular weight is 266 g/mol. The molecule has 108 valence electrons. The van der Waals surface area contributed by atoms with Gasteiger partial charge in [0.25, 0.3) is 0 Å². The van der Waals surface area contributed by atoms with Gasteiger partial charge in [0, 0.05) is 31.1 Å². The Balaban J connectivity index is 3.36. The predicted octanol–water partition coefficient (Wildman–Crippen LogP) is 1.94. The largest absolute Gasteiger partial charge is 0.395 e. The molecule has 0 unspecified atom stereocenters. The Bertz CT molecular complexity index is 426. The van der Waals surface area contributed by atoms with E-state index in [0.29, 0.717) is 6.54 Å². The summed E-state index contributed by atoms with van der Waals surface area (Å²) < 4.78 is 0. The summed E-state index contributed by atoms with van der Waals surface area (Å²) in [7, 11) is 1.87. The molecule has 0 saturated heterocycles. The molecule has 19 heavy (non-hydrogen) atoms. The highest BCUT2D eigenvalue weighted by atomic mass is 16.3. The van der Waals surface area contributed by atoms with Crippen molar-refractivity contribution in [2.75, 3.05) is 37.0 Å². The molecule has 0 aliphatic heterocycles. The third-order valence-electron chi connectivity index (χ3n) is 3.08. The highest BCUT2D eigenvalue weighted by Gasteiger charge is 2.22. The van der Waals surface area contributed by atoms with Crippen molar-refractivity contribution in [3.8, 4) is 0 Å². The van der Waals surface area contributed by atoms with Gasteiger partial charge in [0.2, 0.25) is 0 Å². The summed E-state index contributed by atoms with van der Waals surface area (Å²) in [5.41, 5.74) is 0.915. The fraction of sp³-hybridized carbons (Fsp3) is 0.714. The SMILES string of the molecule is CCN(CCO)c1nc(C(C)(C)C)nc(NC)c1C. The first-order valence-electron chi connectivity index (χ1n) is 6.77. The predicted molar refractivity (Wildman–Crippen MR) is 80.0 cm³/mol. The minimum Gasteiger partial charge on any atom is -0.395 e. The molecule has 0 amide bonds. The van der Waals surface area contributed by atoms with Crippen LogP contribution < -0.4 is 10.2 Å². The first-order chi connectivity index (χ1) is 8.85. The summed E-state index contributed by atoms with van der Waals surface area (Å²) >= 11 is 0. The Morgan fingerprint density at radius 2 is 1.89 bits per heavy atom. The van der Waals surface area contributed by atoms with E-state index >= 15 is 0 Å². The molecule has 2 N–H and O–H groups in total. The highest BCUT2D eigenvalue weighted by molar-refractivity contribution is 5.58. The van der Waals surface area contributed by atoms with Crippen LogP contribution in [0.5, 0.6) is 0 Å². The second kappa shape index (κ2) is 6.19. The van der Waals surface area contributed by atoms with Crippen molar-refractivity contribution >= 4 is 11.6 Å². The molecular formula is C14H26N4O. The van der Waals surface area contributed by atoms with Gasteiger partial charge in [0.15, 0.2) is 0 Å². The van der Waals surface area contributed by atoms with Crippen molar-refractivity contribution in [3.05, 3.63) is 11.4 Å². The van der Waals surface area contributed by atoms with Crippen LogP contribution in [-0.2, 0) is 5.41 Å². The van der Waals surface area contributed by atoms with Crippen molar-refractivity contribution in [2.24, 2.45) is 0 Å². The van der Waals surface area contributed by atoms with Crippen LogP contribution in [0.4, 0.5) is 11.6 Å². The molecule has 5 heteroatoms. The third-order valence-corrected chi connectivity index (χ3v) is 3.08. The normalized spacial score (nSPS) is 11.5. The molecule has 1 aromatic rings. The molecule has 0 atom stereocenters. The summed E-state index contributed by atoms with van der Waals surface area (Å²) in [6.07, 6.45) is 0. The fourth-order valence-electron chi connectivity index (χ4n) is 1.93. The second-order valence-corrected chi connectivity index (χ2v) is 5.65. The molecule has 0 aliphatic rings. The molecular weight excluding hydrogens is 240 g/mol. The lowest BCUT2D eigenvalue weighted by molar-refractivity contribution is 0.302. The lowest BCUT2D eigenvalue weighted by Gasteiger charge is -2.26. The zero-order valence-electron chi connectivity index (χ0n) is 12.9. The maximum Gasteiger partial charge on any atom is 0.138 e. The zero-order valence-corrected chi connectivity index (χ0v) is 12.9. The molecule has 0 aromatic carbocycles. The topological polar surface area (TPSA) is 61.3 Å². The maximum atomic E-state index is 9.17. The number of aromatic nitrogens is 2. The Morgan fingerprint density at radius 3 is 2.32 bits per heavy atom. The summed E-state index contributed by atoms with van der Waals surface area (Å²) in [6.45, 7) is 11.9. The van der Waals surface area contributed by atoms with Crippen molar-refractivity contribution < 1.29 is 5.11 Å². The first-order valence-corrected chi connectivity index (χ1v) is 6.77. The van der Waals surface area contributed by atoms with E-state index in [1.54, 1.807) is 0 Å². The quantitative estimate of drug-likeness (QED) is 0.853. The van der Waals surface area contributed by atoms with Gasteiger partial charge in [-0.3, -0.25) is 0 Å². The molecule has 0 radical (unpaired) electrons. The average Bonchev–Trinajstić information content (AvgIpc) is 2.35. The number of rotatable bonds is 5. The number of hydrogen-bond donors (Lipinski definition) is 2.